The van der Waals surface area contributed by atoms with E-state index in [1.54, 1.807) is 24.3 Å². The van der Waals surface area contributed by atoms with Crippen molar-refractivity contribution in [2.45, 2.75) is 0 Å². The summed E-state index contributed by atoms with van der Waals surface area (Å²) >= 11 is 0. The fraction of sp³-hybridized carbons (Fsp3) is 0. The van der Waals surface area contributed by atoms with Crippen molar-refractivity contribution in [3.8, 4) is 23.7 Å². The Morgan fingerprint density at radius 3 is 1.50 bits per heavy atom. The first-order valence-electron chi connectivity index (χ1n) is 7.87. The van der Waals surface area contributed by atoms with Crippen molar-refractivity contribution < 1.29 is 9.85 Å². The van der Waals surface area contributed by atoms with E-state index in [1.807, 2.05) is 0 Å². The maximum absolute atomic E-state index is 10.8. The van der Waals surface area contributed by atoms with Crippen LogP contribution in [0.25, 0.3) is 0 Å². The highest BCUT2D eigenvalue weighted by Crippen LogP contribution is 2.12. The van der Waals surface area contributed by atoms with Gasteiger partial charge in [-0.1, -0.05) is 24.0 Å². The second kappa shape index (κ2) is 8.21. The molecule has 8 nitrogen and oxygen atoms in total. The van der Waals surface area contributed by atoms with Crippen molar-refractivity contribution in [2.75, 3.05) is 0 Å². The molecular weight excluding hydrogens is 360 g/mol. The zero-order chi connectivity index (χ0) is 19.9. The van der Waals surface area contributed by atoms with E-state index in [-0.39, 0.29) is 22.8 Å². The maximum Gasteiger partial charge on any atom is 0.273 e. The van der Waals surface area contributed by atoms with Gasteiger partial charge in [0.25, 0.3) is 11.4 Å². The summed E-state index contributed by atoms with van der Waals surface area (Å²) in [7, 11) is 0. The van der Waals surface area contributed by atoms with Gasteiger partial charge in [-0.15, -0.1) is 0 Å². The Bertz CT molecular complexity index is 1110. The highest BCUT2D eigenvalue weighted by Gasteiger charge is 2.06. The van der Waals surface area contributed by atoms with Crippen LogP contribution in [0.1, 0.15) is 22.5 Å². The average molecular weight is 370 g/mol. The molecule has 28 heavy (non-hydrogen) atoms. The van der Waals surface area contributed by atoms with Gasteiger partial charge in [-0.05, 0) is 24.0 Å². The monoisotopic (exact) mass is 370 g/mol. The number of hydrogen-bond acceptors (Lipinski definition) is 6. The Morgan fingerprint density at radius 1 is 0.679 bits per heavy atom. The standard InChI is InChI=1S/C20H10N4O4/c25-23(26)19-9-11-21-17(13-19)7-5-15-3-1-2-4-16(15)6-8-18-14-20(24(27)28)10-12-22-18/h1-4,9-14H. The molecule has 0 amide bonds. The highest BCUT2D eigenvalue weighted by molar-refractivity contribution is 5.54. The Hall–Kier alpha value is -4.56. The minimum absolute atomic E-state index is 0.0934. The van der Waals surface area contributed by atoms with Crippen LogP contribution in [0.4, 0.5) is 11.4 Å². The molecule has 3 rings (SSSR count). The van der Waals surface area contributed by atoms with Crippen LogP contribution < -0.4 is 0 Å². The van der Waals surface area contributed by atoms with Crippen LogP contribution in [0.2, 0.25) is 0 Å². The summed E-state index contributed by atoms with van der Waals surface area (Å²) in [4.78, 5) is 28.6. The van der Waals surface area contributed by atoms with Crippen LogP contribution >= 0.6 is 0 Å². The molecule has 2 heterocycles. The van der Waals surface area contributed by atoms with E-state index < -0.39 is 9.85 Å². The third kappa shape index (κ3) is 4.54. The van der Waals surface area contributed by atoms with Crippen molar-refractivity contribution in [3.63, 3.8) is 0 Å². The number of nitro groups is 2. The number of hydrogen-bond donors (Lipinski definition) is 0. The smallest absolute Gasteiger partial charge is 0.258 e. The molecule has 0 atom stereocenters. The Kier molecular flexibility index (Phi) is 5.35. The molecule has 0 aliphatic heterocycles. The van der Waals surface area contributed by atoms with Gasteiger partial charge in [0.2, 0.25) is 0 Å². The van der Waals surface area contributed by atoms with Gasteiger partial charge in [-0.25, -0.2) is 9.97 Å². The third-order valence-corrected chi connectivity index (χ3v) is 3.49. The lowest BCUT2D eigenvalue weighted by Gasteiger charge is -1.96. The van der Waals surface area contributed by atoms with Crippen LogP contribution in [0, 0.1) is 43.9 Å². The molecule has 0 radical (unpaired) electrons. The number of pyridine rings is 2. The molecule has 0 unspecified atom stereocenters. The molecule has 0 N–H and O–H groups in total. The zero-order valence-electron chi connectivity index (χ0n) is 14.2. The molecule has 134 valence electrons. The third-order valence-electron chi connectivity index (χ3n) is 3.49. The van der Waals surface area contributed by atoms with Crippen LogP contribution in [0.15, 0.2) is 60.9 Å². The fourth-order valence-corrected chi connectivity index (χ4v) is 2.17. The normalized spacial score (nSPS) is 9.43. The van der Waals surface area contributed by atoms with Crippen LogP contribution in [0.5, 0.6) is 0 Å². The second-order valence-corrected chi connectivity index (χ2v) is 5.36. The molecular formula is C20H10N4O4. The number of nitrogens with zero attached hydrogens (tertiary/aromatic N) is 4. The van der Waals surface area contributed by atoms with E-state index in [0.29, 0.717) is 11.1 Å². The predicted octanol–water partition coefficient (Wildman–Crippen LogP) is 3.09. The molecule has 0 saturated carbocycles. The Balaban J connectivity index is 1.92. The lowest BCUT2D eigenvalue weighted by atomic mass is 10.1. The van der Waals surface area contributed by atoms with Crippen LogP contribution in [0.3, 0.4) is 0 Å². The van der Waals surface area contributed by atoms with Crippen molar-refractivity contribution in [3.05, 3.63) is 104 Å². The molecule has 0 spiro atoms. The molecule has 2 aromatic heterocycles. The summed E-state index contributed by atoms with van der Waals surface area (Å²) in [5.74, 6) is 11.4. The second-order valence-electron chi connectivity index (χ2n) is 5.36. The highest BCUT2D eigenvalue weighted by atomic mass is 16.6. The SMILES string of the molecule is O=[N+]([O-])c1ccnc(C#Cc2ccccc2C#Cc2cc([N+](=O)[O-])ccn2)c1. The Labute approximate surface area is 159 Å². The average Bonchev–Trinajstić information content (AvgIpc) is 2.71. The van der Waals surface area contributed by atoms with Crippen LogP contribution in [-0.2, 0) is 0 Å². The first kappa shape index (κ1) is 18.2. The predicted molar refractivity (Wildman–Crippen MR) is 100 cm³/mol. The number of benzene rings is 1. The van der Waals surface area contributed by atoms with Gasteiger partial charge in [0, 0.05) is 35.7 Å². The van der Waals surface area contributed by atoms with Gasteiger partial charge in [-0.2, -0.15) is 0 Å². The maximum atomic E-state index is 10.8. The summed E-state index contributed by atoms with van der Waals surface area (Å²) in [5.41, 5.74) is 1.52. The largest absolute Gasteiger partial charge is 0.273 e. The topological polar surface area (TPSA) is 112 Å². The number of aromatic nitrogens is 2. The molecule has 0 fully saturated rings. The first-order chi connectivity index (χ1) is 13.5. The van der Waals surface area contributed by atoms with Gasteiger partial charge in [0.1, 0.15) is 11.4 Å². The van der Waals surface area contributed by atoms with Gasteiger partial charge < -0.3 is 0 Å². The summed E-state index contributed by atoms with van der Waals surface area (Å²) in [5, 5.41) is 21.7. The number of rotatable bonds is 2. The van der Waals surface area contributed by atoms with Gasteiger partial charge in [-0.3, -0.25) is 20.2 Å². The van der Waals surface area contributed by atoms with Gasteiger partial charge in [0.15, 0.2) is 0 Å². The molecule has 0 aliphatic rings. The van der Waals surface area contributed by atoms with Crippen molar-refractivity contribution in [1.29, 1.82) is 0 Å². The van der Waals surface area contributed by atoms with E-state index >= 15 is 0 Å². The van der Waals surface area contributed by atoms with Gasteiger partial charge >= 0.3 is 0 Å². The summed E-state index contributed by atoms with van der Waals surface area (Å²) in [6.45, 7) is 0. The van der Waals surface area contributed by atoms with Crippen molar-refractivity contribution >= 4 is 11.4 Å². The van der Waals surface area contributed by atoms with Gasteiger partial charge in [0.05, 0.1) is 22.0 Å². The molecule has 0 bridgehead atoms. The summed E-state index contributed by atoms with van der Waals surface area (Å²) < 4.78 is 0. The van der Waals surface area contributed by atoms with Crippen molar-refractivity contribution in [1.82, 2.24) is 9.97 Å². The lowest BCUT2D eigenvalue weighted by Crippen LogP contribution is -1.91. The molecule has 0 aliphatic carbocycles. The van der Waals surface area contributed by atoms with E-state index in [0.717, 1.165) is 0 Å². The van der Waals surface area contributed by atoms with Crippen molar-refractivity contribution in [2.24, 2.45) is 0 Å². The minimum Gasteiger partial charge on any atom is -0.258 e. The molecule has 8 heteroatoms. The first-order valence-corrected chi connectivity index (χ1v) is 7.87. The van der Waals surface area contributed by atoms with Crippen LogP contribution in [-0.4, -0.2) is 19.8 Å². The fourth-order valence-electron chi connectivity index (χ4n) is 2.17. The van der Waals surface area contributed by atoms with E-state index in [2.05, 4.69) is 33.6 Å². The lowest BCUT2D eigenvalue weighted by molar-refractivity contribution is -0.385. The van der Waals surface area contributed by atoms with E-state index in [9.17, 15) is 20.2 Å². The molecule has 1 aromatic carbocycles. The summed E-state index contributed by atoms with van der Waals surface area (Å²) in [6, 6.07) is 12.2. The molecule has 0 saturated heterocycles. The zero-order valence-corrected chi connectivity index (χ0v) is 14.2. The van der Waals surface area contributed by atoms with E-state index in [4.69, 9.17) is 0 Å². The molecule has 3 aromatic rings. The van der Waals surface area contributed by atoms with E-state index in [1.165, 1.54) is 36.7 Å². The summed E-state index contributed by atoms with van der Waals surface area (Å²) in [6.07, 6.45) is 2.64. The minimum atomic E-state index is -0.516. The quantitative estimate of drug-likeness (QED) is 0.389. The Morgan fingerprint density at radius 2 is 1.11 bits per heavy atom.